The number of nitrogens with zero attached hydrogens (tertiary/aromatic N) is 1. The lowest BCUT2D eigenvalue weighted by atomic mass is 10.4. The Morgan fingerprint density at radius 2 is 2.60 bits per heavy atom. The molecular weight excluding hydrogens is 128 g/mol. The minimum absolute atomic E-state index is 0.811. The van der Waals surface area contributed by atoms with Crippen LogP contribution in [0.15, 0.2) is 12.3 Å². The van der Waals surface area contributed by atoms with Crippen LogP contribution in [-0.2, 0) is 4.84 Å². The summed E-state index contributed by atoms with van der Waals surface area (Å²) in [6.45, 7) is 3.81. The summed E-state index contributed by atoms with van der Waals surface area (Å²) in [4.78, 5) is 5.30. The van der Waals surface area contributed by atoms with Gasteiger partial charge in [0.05, 0.1) is 13.2 Å². The average Bonchev–Trinajstić information content (AvgIpc) is 2.41. The molecule has 1 heterocycles. The van der Waals surface area contributed by atoms with Gasteiger partial charge in [0.2, 0.25) is 0 Å². The molecule has 0 radical (unpaired) electrons. The molecule has 1 aliphatic heterocycles. The monoisotopic (exact) mass is 142 g/mol. The van der Waals surface area contributed by atoms with Gasteiger partial charge in [-0.05, 0) is 12.5 Å². The maximum Gasteiger partial charge on any atom is 0.0706 e. The first-order valence-corrected chi connectivity index (χ1v) is 3.75. The van der Waals surface area contributed by atoms with Crippen molar-refractivity contribution in [3.63, 3.8) is 0 Å². The summed E-state index contributed by atoms with van der Waals surface area (Å²) in [6, 6.07) is 0. The van der Waals surface area contributed by atoms with Gasteiger partial charge in [0.1, 0.15) is 0 Å². The fourth-order valence-corrected chi connectivity index (χ4v) is 0.746. The van der Waals surface area contributed by atoms with Crippen LogP contribution in [0.4, 0.5) is 0 Å². The molecular formula is C7H14N2O. The van der Waals surface area contributed by atoms with E-state index < -0.39 is 0 Å². The fourth-order valence-electron chi connectivity index (χ4n) is 0.746. The van der Waals surface area contributed by atoms with Gasteiger partial charge in [-0.15, -0.1) is 0 Å². The molecule has 1 rings (SSSR count). The van der Waals surface area contributed by atoms with Crippen LogP contribution < -0.4 is 5.43 Å². The lowest BCUT2D eigenvalue weighted by Gasteiger charge is -2.14. The van der Waals surface area contributed by atoms with Crippen LogP contribution in [0.3, 0.4) is 0 Å². The lowest BCUT2D eigenvalue weighted by Crippen LogP contribution is -2.30. The van der Waals surface area contributed by atoms with E-state index in [2.05, 4.69) is 12.3 Å². The molecule has 0 aromatic rings. The van der Waals surface area contributed by atoms with Gasteiger partial charge in [0, 0.05) is 6.20 Å². The number of unbranched alkanes of at least 4 members (excludes halogenated alkanes) is 1. The Morgan fingerprint density at radius 1 is 1.70 bits per heavy atom. The molecule has 3 heteroatoms. The summed E-state index contributed by atoms with van der Waals surface area (Å²) in [5.74, 6) is 0. The van der Waals surface area contributed by atoms with Gasteiger partial charge in [0.25, 0.3) is 0 Å². The molecule has 1 N–H and O–H groups in total. The highest BCUT2D eigenvalue weighted by molar-refractivity contribution is 4.85. The van der Waals surface area contributed by atoms with Crippen LogP contribution >= 0.6 is 0 Å². The molecule has 0 bridgehead atoms. The lowest BCUT2D eigenvalue weighted by molar-refractivity contribution is -0.172. The number of hydroxylamine groups is 1. The molecule has 0 spiro atoms. The maximum atomic E-state index is 5.30. The van der Waals surface area contributed by atoms with E-state index in [1.54, 1.807) is 5.17 Å². The Balaban J connectivity index is 1.93. The van der Waals surface area contributed by atoms with E-state index in [0.717, 1.165) is 19.6 Å². The predicted molar refractivity (Wildman–Crippen MR) is 39.8 cm³/mol. The first-order chi connectivity index (χ1) is 4.93. The molecule has 0 saturated heterocycles. The standard InChI is InChI=1S/C7H14N2O/c1-2-3-7-10-9-6-4-5-8-9/h4-5,8H,2-3,6-7H2,1H3. The van der Waals surface area contributed by atoms with Crippen LogP contribution in [0.5, 0.6) is 0 Å². The van der Waals surface area contributed by atoms with Crippen molar-refractivity contribution in [2.45, 2.75) is 19.8 Å². The van der Waals surface area contributed by atoms with Gasteiger partial charge in [-0.2, -0.15) is 0 Å². The second kappa shape index (κ2) is 4.30. The average molecular weight is 142 g/mol. The van der Waals surface area contributed by atoms with Gasteiger partial charge in [0.15, 0.2) is 0 Å². The third-order valence-corrected chi connectivity index (χ3v) is 1.35. The number of rotatable bonds is 4. The predicted octanol–water partition coefficient (Wildman–Crippen LogP) is 1.05. The van der Waals surface area contributed by atoms with Crippen LogP contribution in [0.25, 0.3) is 0 Å². The molecule has 0 unspecified atom stereocenters. The minimum atomic E-state index is 0.811. The molecule has 0 aromatic heterocycles. The third kappa shape index (κ3) is 2.37. The topological polar surface area (TPSA) is 24.5 Å². The molecule has 0 fully saturated rings. The van der Waals surface area contributed by atoms with Crippen molar-refractivity contribution < 1.29 is 4.84 Å². The highest BCUT2D eigenvalue weighted by Gasteiger charge is 2.03. The van der Waals surface area contributed by atoms with Crippen molar-refractivity contribution in [2.75, 3.05) is 13.2 Å². The van der Waals surface area contributed by atoms with Crippen LogP contribution in [-0.4, -0.2) is 18.3 Å². The van der Waals surface area contributed by atoms with Gasteiger partial charge < -0.3 is 5.43 Å². The van der Waals surface area contributed by atoms with Crippen molar-refractivity contribution >= 4 is 0 Å². The van der Waals surface area contributed by atoms with Crippen molar-refractivity contribution in [2.24, 2.45) is 0 Å². The SMILES string of the molecule is CCCCON1CC=CN1. The summed E-state index contributed by atoms with van der Waals surface area (Å²) in [5, 5.41) is 1.73. The molecule has 0 aliphatic carbocycles. The maximum absolute atomic E-state index is 5.30. The van der Waals surface area contributed by atoms with Crippen molar-refractivity contribution in [1.82, 2.24) is 10.6 Å². The number of hydrogen-bond donors (Lipinski definition) is 1. The van der Waals surface area contributed by atoms with Crippen molar-refractivity contribution in [3.05, 3.63) is 12.3 Å². The summed E-state index contributed by atoms with van der Waals surface area (Å²) in [7, 11) is 0. The zero-order chi connectivity index (χ0) is 7.23. The van der Waals surface area contributed by atoms with E-state index in [1.165, 1.54) is 6.42 Å². The molecule has 0 atom stereocenters. The van der Waals surface area contributed by atoms with Crippen molar-refractivity contribution in [3.8, 4) is 0 Å². The first-order valence-electron chi connectivity index (χ1n) is 3.75. The zero-order valence-electron chi connectivity index (χ0n) is 6.34. The summed E-state index contributed by atoms with van der Waals surface area (Å²) in [5.41, 5.74) is 2.95. The Bertz CT molecular complexity index is 106. The second-order valence-corrected chi connectivity index (χ2v) is 2.28. The Labute approximate surface area is 61.6 Å². The highest BCUT2D eigenvalue weighted by atomic mass is 16.7. The Kier molecular flexibility index (Phi) is 3.26. The van der Waals surface area contributed by atoms with E-state index in [4.69, 9.17) is 4.84 Å². The number of hydrazine groups is 1. The van der Waals surface area contributed by atoms with E-state index in [0.29, 0.717) is 0 Å². The molecule has 0 saturated carbocycles. The summed E-state index contributed by atoms with van der Waals surface area (Å²) in [6.07, 6.45) is 6.21. The molecule has 0 amide bonds. The van der Waals surface area contributed by atoms with Crippen LogP contribution in [0.2, 0.25) is 0 Å². The number of hydrogen-bond acceptors (Lipinski definition) is 3. The smallest absolute Gasteiger partial charge is 0.0706 e. The molecule has 1 aliphatic rings. The van der Waals surface area contributed by atoms with Crippen LogP contribution in [0.1, 0.15) is 19.8 Å². The quantitative estimate of drug-likeness (QED) is 0.594. The Morgan fingerprint density at radius 3 is 3.20 bits per heavy atom. The van der Waals surface area contributed by atoms with Crippen molar-refractivity contribution in [1.29, 1.82) is 0 Å². The highest BCUT2D eigenvalue weighted by Crippen LogP contribution is 1.95. The van der Waals surface area contributed by atoms with E-state index in [1.807, 2.05) is 12.3 Å². The number of nitrogens with one attached hydrogen (secondary N) is 1. The molecule has 10 heavy (non-hydrogen) atoms. The Hall–Kier alpha value is -0.540. The van der Waals surface area contributed by atoms with E-state index in [9.17, 15) is 0 Å². The van der Waals surface area contributed by atoms with E-state index in [-0.39, 0.29) is 0 Å². The molecule has 58 valence electrons. The van der Waals surface area contributed by atoms with Gasteiger partial charge in [-0.1, -0.05) is 18.5 Å². The molecule has 0 aromatic carbocycles. The van der Waals surface area contributed by atoms with Gasteiger partial charge >= 0.3 is 0 Å². The fraction of sp³-hybridized carbons (Fsp3) is 0.714. The van der Waals surface area contributed by atoms with Gasteiger partial charge in [-0.3, -0.25) is 4.84 Å². The molecule has 3 nitrogen and oxygen atoms in total. The van der Waals surface area contributed by atoms with Crippen LogP contribution in [0, 0.1) is 0 Å². The zero-order valence-corrected chi connectivity index (χ0v) is 6.34. The minimum Gasteiger partial charge on any atom is -0.304 e. The third-order valence-electron chi connectivity index (χ3n) is 1.35. The summed E-state index contributed by atoms with van der Waals surface area (Å²) < 4.78 is 0. The summed E-state index contributed by atoms with van der Waals surface area (Å²) >= 11 is 0. The van der Waals surface area contributed by atoms with Gasteiger partial charge in [-0.25, -0.2) is 0 Å². The largest absolute Gasteiger partial charge is 0.304 e. The van der Waals surface area contributed by atoms with E-state index >= 15 is 0 Å². The first kappa shape index (κ1) is 7.57. The second-order valence-electron chi connectivity index (χ2n) is 2.28. The normalized spacial score (nSPS) is 17.7.